The number of carbonyl (C=O) groups is 1. The van der Waals surface area contributed by atoms with Gasteiger partial charge in [0.15, 0.2) is 5.82 Å². The molecule has 0 spiro atoms. The molecule has 0 bridgehead atoms. The summed E-state index contributed by atoms with van der Waals surface area (Å²) in [7, 11) is 1.52. The second-order valence-corrected chi connectivity index (χ2v) is 12.2. The van der Waals surface area contributed by atoms with Crippen molar-refractivity contribution in [2.75, 3.05) is 35.3 Å². The molecule has 1 aromatic carbocycles. The Bertz CT molecular complexity index is 1690. The lowest BCUT2D eigenvalue weighted by atomic mass is 9.90. The number of carbonyl (C=O) groups excluding carboxylic acids is 1. The van der Waals surface area contributed by atoms with E-state index in [2.05, 4.69) is 41.2 Å². The first-order valence-corrected chi connectivity index (χ1v) is 16.5. The maximum Gasteiger partial charge on any atom is 0.316 e. The summed E-state index contributed by atoms with van der Waals surface area (Å²) in [6.07, 6.45) is 14.2. The predicted octanol–water partition coefficient (Wildman–Crippen LogP) is 4.34. The summed E-state index contributed by atoms with van der Waals surface area (Å²) in [5.74, 6) is 1.45. The van der Waals surface area contributed by atoms with Crippen LogP contribution in [-0.2, 0) is 11.2 Å². The molecule has 1 atom stereocenters. The van der Waals surface area contributed by atoms with Crippen LogP contribution in [0, 0.1) is 11.3 Å². The van der Waals surface area contributed by atoms with Gasteiger partial charge in [0.1, 0.15) is 11.6 Å². The smallest absolute Gasteiger partial charge is 0.316 e. The fourth-order valence-corrected chi connectivity index (χ4v) is 6.37. The van der Waals surface area contributed by atoms with Gasteiger partial charge in [-0.2, -0.15) is 10.2 Å². The average Bonchev–Trinajstić information content (AvgIpc) is 3.36. The van der Waals surface area contributed by atoms with Crippen LogP contribution in [0.5, 0.6) is 6.01 Å². The van der Waals surface area contributed by atoms with Gasteiger partial charge in [0, 0.05) is 67.5 Å². The van der Waals surface area contributed by atoms with Crippen molar-refractivity contribution < 1.29 is 14.6 Å². The van der Waals surface area contributed by atoms with Gasteiger partial charge < -0.3 is 20.1 Å². The van der Waals surface area contributed by atoms with Crippen molar-refractivity contribution in [3.05, 3.63) is 72.4 Å². The summed E-state index contributed by atoms with van der Waals surface area (Å²) in [6, 6.07) is 12.5. The number of aliphatic hydroxyl groups is 1. The van der Waals surface area contributed by atoms with Crippen LogP contribution in [0.3, 0.4) is 0 Å². The minimum Gasteiger partial charge on any atom is -0.467 e. The molecule has 1 unspecified atom stereocenters. The number of nitriles is 1. The number of methoxy groups -OCH3 is 1. The summed E-state index contributed by atoms with van der Waals surface area (Å²) in [4.78, 5) is 44.5. The second kappa shape index (κ2) is 15.6. The van der Waals surface area contributed by atoms with Crippen molar-refractivity contribution in [3.63, 3.8) is 0 Å². The zero-order valence-corrected chi connectivity index (χ0v) is 27.1. The van der Waals surface area contributed by atoms with Crippen LogP contribution in [0.15, 0.2) is 61.3 Å². The molecule has 6 rings (SSSR count). The van der Waals surface area contributed by atoms with E-state index in [1.165, 1.54) is 7.11 Å². The molecular weight excluding hydrogens is 608 g/mol. The Morgan fingerprint density at radius 3 is 2.35 bits per heavy atom. The first-order chi connectivity index (χ1) is 23.5. The van der Waals surface area contributed by atoms with Gasteiger partial charge in [-0.25, -0.2) is 24.9 Å². The Morgan fingerprint density at radius 1 is 0.958 bits per heavy atom. The summed E-state index contributed by atoms with van der Waals surface area (Å²) in [6.45, 7) is 1.38. The highest BCUT2D eigenvalue weighted by Gasteiger charge is 2.32. The minimum atomic E-state index is -0.327. The highest BCUT2D eigenvalue weighted by atomic mass is 16.5. The van der Waals surface area contributed by atoms with Gasteiger partial charge in [-0.1, -0.05) is 30.3 Å². The van der Waals surface area contributed by atoms with E-state index in [0.29, 0.717) is 49.1 Å². The number of benzene rings is 1. The highest BCUT2D eigenvalue weighted by Crippen LogP contribution is 2.30. The first-order valence-electron chi connectivity index (χ1n) is 16.5. The Kier molecular flexibility index (Phi) is 10.6. The number of nitrogens with one attached hydrogen (secondary N) is 1. The zero-order valence-electron chi connectivity index (χ0n) is 27.1. The van der Waals surface area contributed by atoms with Crippen molar-refractivity contribution in [2.24, 2.45) is 0 Å². The molecule has 1 aliphatic heterocycles. The van der Waals surface area contributed by atoms with E-state index in [-0.39, 0.29) is 30.1 Å². The van der Waals surface area contributed by atoms with Crippen molar-refractivity contribution >= 4 is 23.6 Å². The number of nitrogens with zero attached hydrogens (tertiary/aromatic N) is 9. The fraction of sp³-hybridized carbons (Fsp3) is 0.429. The average molecular weight is 649 g/mol. The van der Waals surface area contributed by atoms with Crippen molar-refractivity contribution in [1.82, 2.24) is 29.9 Å². The molecule has 13 heteroatoms. The second-order valence-electron chi connectivity index (χ2n) is 12.2. The quantitative estimate of drug-likeness (QED) is 0.250. The van der Waals surface area contributed by atoms with Gasteiger partial charge in [0.05, 0.1) is 19.4 Å². The van der Waals surface area contributed by atoms with Crippen LogP contribution in [0.25, 0.3) is 11.1 Å². The summed E-state index contributed by atoms with van der Waals surface area (Å²) < 4.78 is 5.06. The molecule has 1 saturated carbocycles. The lowest BCUT2D eigenvalue weighted by Gasteiger charge is -2.36. The van der Waals surface area contributed by atoms with Crippen molar-refractivity contribution in [3.8, 4) is 23.2 Å². The van der Waals surface area contributed by atoms with Gasteiger partial charge in [-0.05, 0) is 56.9 Å². The van der Waals surface area contributed by atoms with E-state index in [1.807, 2.05) is 30.3 Å². The number of hydrogen-bond donors (Lipinski definition) is 2. The molecule has 3 aromatic heterocycles. The SMILES string of the molecule is COc1ncc(-c2cnc(N(C(=O)CCc3ccccc3)C3CCC(Nc4ncc(C#N)c(N5CCCC(O)CC5)n4)CC3)nc2)cn1. The van der Waals surface area contributed by atoms with Gasteiger partial charge >= 0.3 is 6.01 Å². The molecule has 1 aliphatic carbocycles. The molecule has 0 radical (unpaired) electrons. The van der Waals surface area contributed by atoms with E-state index >= 15 is 0 Å². The van der Waals surface area contributed by atoms with Gasteiger partial charge in [-0.15, -0.1) is 0 Å². The fourth-order valence-electron chi connectivity index (χ4n) is 6.37. The standard InChI is InChI=1S/C35H40N10O3/c1-48-35-40-22-27(23-41-35)26-20-38-34(39-21-26)45(31(47)14-9-24-6-3-2-4-7-24)29-12-10-28(11-13-29)42-33-37-19-25(18-36)32(43-33)44-16-5-8-30(46)15-17-44/h2-4,6-7,19-23,28-30,46H,5,8-17H2,1H3,(H,37,42,43). The topological polar surface area (TPSA) is 166 Å². The number of aromatic nitrogens is 6. The third kappa shape index (κ3) is 8.01. The molecular formula is C35H40N10O3. The number of ether oxygens (including phenoxy) is 1. The van der Waals surface area contributed by atoms with Crippen LogP contribution in [0.4, 0.5) is 17.7 Å². The molecule has 248 valence electrons. The van der Waals surface area contributed by atoms with Crippen LogP contribution >= 0.6 is 0 Å². The number of aryl methyl sites for hydroxylation is 1. The monoisotopic (exact) mass is 648 g/mol. The Morgan fingerprint density at radius 2 is 1.67 bits per heavy atom. The van der Waals surface area contributed by atoms with E-state index in [9.17, 15) is 15.2 Å². The van der Waals surface area contributed by atoms with E-state index in [0.717, 1.165) is 61.8 Å². The Hall–Kier alpha value is -5.22. The van der Waals surface area contributed by atoms with Crippen LogP contribution in [0.2, 0.25) is 0 Å². The Labute approximate surface area is 280 Å². The molecule has 4 aromatic rings. The molecule has 2 fully saturated rings. The highest BCUT2D eigenvalue weighted by molar-refractivity contribution is 5.92. The molecule has 4 heterocycles. The molecule has 1 amide bonds. The number of anilines is 3. The lowest BCUT2D eigenvalue weighted by molar-refractivity contribution is -0.119. The third-order valence-corrected chi connectivity index (χ3v) is 9.02. The van der Waals surface area contributed by atoms with Gasteiger partial charge in [0.2, 0.25) is 17.8 Å². The van der Waals surface area contributed by atoms with Gasteiger partial charge in [-0.3, -0.25) is 9.69 Å². The van der Waals surface area contributed by atoms with Crippen LogP contribution < -0.4 is 19.9 Å². The third-order valence-electron chi connectivity index (χ3n) is 9.02. The maximum absolute atomic E-state index is 13.8. The molecule has 48 heavy (non-hydrogen) atoms. The molecule has 2 N–H and O–H groups in total. The van der Waals surface area contributed by atoms with Gasteiger partial charge in [0.25, 0.3) is 0 Å². The minimum absolute atomic E-state index is 0.0153. The predicted molar refractivity (Wildman–Crippen MR) is 180 cm³/mol. The van der Waals surface area contributed by atoms with E-state index < -0.39 is 0 Å². The molecule has 2 aliphatic rings. The van der Waals surface area contributed by atoms with Crippen LogP contribution in [0.1, 0.15) is 62.5 Å². The summed E-state index contributed by atoms with van der Waals surface area (Å²) in [5, 5.41) is 23.3. The number of rotatable bonds is 10. The zero-order chi connectivity index (χ0) is 33.3. The number of hydrogen-bond acceptors (Lipinski definition) is 12. The summed E-state index contributed by atoms with van der Waals surface area (Å²) in [5.41, 5.74) is 3.02. The van der Waals surface area contributed by atoms with Crippen LogP contribution in [-0.4, -0.2) is 79.3 Å². The lowest BCUT2D eigenvalue weighted by Crippen LogP contribution is -2.45. The Balaban J connectivity index is 1.15. The molecule has 13 nitrogen and oxygen atoms in total. The van der Waals surface area contributed by atoms with Crippen molar-refractivity contribution in [2.45, 2.75) is 76.0 Å². The summed E-state index contributed by atoms with van der Waals surface area (Å²) >= 11 is 0. The van der Waals surface area contributed by atoms with Crippen molar-refractivity contribution in [1.29, 1.82) is 5.26 Å². The number of amides is 1. The number of aliphatic hydroxyl groups excluding tert-OH is 1. The normalized spacial score (nSPS) is 19.5. The molecule has 1 saturated heterocycles. The first kappa shape index (κ1) is 32.7. The maximum atomic E-state index is 13.8. The largest absolute Gasteiger partial charge is 0.467 e. The van der Waals surface area contributed by atoms with E-state index in [1.54, 1.807) is 35.9 Å². The van der Waals surface area contributed by atoms with E-state index in [4.69, 9.17) is 9.72 Å².